The summed E-state index contributed by atoms with van der Waals surface area (Å²) in [6, 6.07) is 13.1. The molecule has 4 rings (SSSR count). The van der Waals surface area contributed by atoms with Gasteiger partial charge in [0.2, 0.25) is 0 Å². The van der Waals surface area contributed by atoms with Crippen LogP contribution in [0.4, 0.5) is 11.4 Å². The maximum absolute atomic E-state index is 12.5. The lowest BCUT2D eigenvalue weighted by atomic mass is 10.1. The van der Waals surface area contributed by atoms with Crippen LogP contribution in [0, 0.1) is 0 Å². The van der Waals surface area contributed by atoms with Crippen molar-refractivity contribution in [3.05, 3.63) is 48.0 Å². The van der Waals surface area contributed by atoms with Crippen molar-refractivity contribution >= 4 is 28.3 Å². The lowest BCUT2D eigenvalue weighted by Gasteiger charge is -2.36. The van der Waals surface area contributed by atoms with Crippen LogP contribution in [-0.2, 0) is 4.74 Å². The first-order chi connectivity index (χ1) is 12.6. The van der Waals surface area contributed by atoms with Gasteiger partial charge in [-0.05, 0) is 56.3 Å². The Kier molecular flexibility index (Phi) is 4.30. The second kappa shape index (κ2) is 6.76. The van der Waals surface area contributed by atoms with E-state index in [9.17, 15) is 4.79 Å². The average molecular weight is 351 g/mol. The number of nitrogens with one attached hydrogen (secondary N) is 2. The Balaban J connectivity index is 1.45. The van der Waals surface area contributed by atoms with Gasteiger partial charge in [0.05, 0.1) is 12.2 Å². The molecule has 0 spiro atoms. The summed E-state index contributed by atoms with van der Waals surface area (Å²) in [5.41, 5.74) is 3.84. The summed E-state index contributed by atoms with van der Waals surface area (Å²) in [5.74, 6) is -0.170. The van der Waals surface area contributed by atoms with E-state index in [2.05, 4.69) is 39.5 Å². The molecule has 2 aromatic carbocycles. The number of H-pyrrole nitrogens is 1. The molecule has 1 saturated heterocycles. The van der Waals surface area contributed by atoms with E-state index >= 15 is 0 Å². The summed E-state index contributed by atoms with van der Waals surface area (Å²) in [4.78, 5) is 14.8. The molecule has 0 unspecified atom stereocenters. The predicted octanol–water partition coefficient (Wildman–Crippen LogP) is 2.82. The molecule has 0 radical (unpaired) electrons. The van der Waals surface area contributed by atoms with Crippen LogP contribution in [0.15, 0.2) is 42.5 Å². The third-order valence-corrected chi connectivity index (χ3v) is 4.49. The number of amides is 1. The van der Waals surface area contributed by atoms with Gasteiger partial charge in [0.25, 0.3) is 5.91 Å². The number of anilines is 2. The predicted molar refractivity (Wildman–Crippen MR) is 101 cm³/mol. The van der Waals surface area contributed by atoms with Crippen molar-refractivity contribution in [3.8, 4) is 0 Å². The number of aromatic nitrogens is 3. The van der Waals surface area contributed by atoms with Gasteiger partial charge >= 0.3 is 0 Å². The van der Waals surface area contributed by atoms with Crippen molar-refractivity contribution in [2.24, 2.45) is 0 Å². The normalized spacial score (nSPS) is 20.3. The Bertz CT molecular complexity index is 911. The van der Waals surface area contributed by atoms with E-state index < -0.39 is 0 Å². The number of aromatic amines is 1. The number of ether oxygens (including phenoxy) is 1. The number of benzene rings is 2. The van der Waals surface area contributed by atoms with Crippen molar-refractivity contribution in [2.75, 3.05) is 23.3 Å². The quantitative estimate of drug-likeness (QED) is 0.758. The van der Waals surface area contributed by atoms with Crippen molar-refractivity contribution in [2.45, 2.75) is 26.1 Å². The highest BCUT2D eigenvalue weighted by Crippen LogP contribution is 2.23. The van der Waals surface area contributed by atoms with Gasteiger partial charge in [-0.1, -0.05) is 0 Å². The van der Waals surface area contributed by atoms with E-state index in [0.717, 1.165) is 30.0 Å². The van der Waals surface area contributed by atoms with E-state index in [1.807, 2.05) is 24.3 Å². The second-order valence-corrected chi connectivity index (χ2v) is 6.69. The summed E-state index contributed by atoms with van der Waals surface area (Å²) in [6.45, 7) is 5.91. The number of carbonyl (C=O) groups is 1. The molecule has 1 aliphatic heterocycles. The number of fused-ring (bicyclic) bond motifs is 1. The number of carbonyl (C=O) groups excluding carboxylic acids is 1. The summed E-state index contributed by atoms with van der Waals surface area (Å²) in [7, 11) is 0. The molecule has 0 saturated carbocycles. The lowest BCUT2D eigenvalue weighted by Crippen LogP contribution is -2.45. The molecule has 26 heavy (non-hydrogen) atoms. The molecule has 0 aliphatic carbocycles. The fourth-order valence-electron chi connectivity index (χ4n) is 3.33. The Morgan fingerprint density at radius 1 is 1.08 bits per heavy atom. The molecule has 1 aromatic heterocycles. The van der Waals surface area contributed by atoms with E-state index in [0.29, 0.717) is 11.1 Å². The Morgan fingerprint density at radius 3 is 2.50 bits per heavy atom. The topological polar surface area (TPSA) is 83.1 Å². The summed E-state index contributed by atoms with van der Waals surface area (Å²) >= 11 is 0. The maximum Gasteiger partial charge on any atom is 0.255 e. The zero-order valence-electron chi connectivity index (χ0n) is 14.8. The fourth-order valence-corrected chi connectivity index (χ4v) is 3.33. The average Bonchev–Trinajstić information content (AvgIpc) is 3.09. The molecule has 1 amide bonds. The molecule has 7 heteroatoms. The minimum Gasteiger partial charge on any atom is -0.372 e. The Labute approximate surface area is 151 Å². The van der Waals surface area contributed by atoms with E-state index in [1.165, 1.54) is 0 Å². The molecule has 2 atom stereocenters. The van der Waals surface area contributed by atoms with Gasteiger partial charge in [-0.3, -0.25) is 4.79 Å². The van der Waals surface area contributed by atoms with Gasteiger partial charge in [-0.2, -0.15) is 15.4 Å². The van der Waals surface area contributed by atoms with E-state index in [4.69, 9.17) is 4.74 Å². The van der Waals surface area contributed by atoms with Crippen molar-refractivity contribution in [3.63, 3.8) is 0 Å². The van der Waals surface area contributed by atoms with Crippen LogP contribution in [0.1, 0.15) is 24.2 Å². The lowest BCUT2D eigenvalue weighted by molar-refractivity contribution is -0.00521. The molecule has 2 N–H and O–H groups in total. The van der Waals surface area contributed by atoms with Crippen LogP contribution >= 0.6 is 0 Å². The first-order valence-corrected chi connectivity index (χ1v) is 8.71. The van der Waals surface area contributed by atoms with Gasteiger partial charge in [-0.25, -0.2) is 0 Å². The van der Waals surface area contributed by atoms with Crippen LogP contribution < -0.4 is 10.2 Å². The number of nitrogens with zero attached hydrogens (tertiary/aromatic N) is 3. The zero-order chi connectivity index (χ0) is 18.1. The van der Waals surface area contributed by atoms with Gasteiger partial charge in [0.15, 0.2) is 0 Å². The highest BCUT2D eigenvalue weighted by atomic mass is 16.5. The molecular weight excluding hydrogens is 330 g/mol. The Hall–Kier alpha value is -2.93. The fraction of sp³-hybridized carbons (Fsp3) is 0.316. The monoisotopic (exact) mass is 351 g/mol. The van der Waals surface area contributed by atoms with Gasteiger partial charge in [-0.15, -0.1) is 0 Å². The number of morpholine rings is 1. The molecular formula is C19H21N5O2. The first kappa shape index (κ1) is 16.5. The SMILES string of the molecule is C[C@@H]1CN(c2ccc(NC(=O)c3ccc4n[nH]nc4c3)cc2)C[C@@H](C)O1. The molecule has 1 fully saturated rings. The summed E-state index contributed by atoms with van der Waals surface area (Å²) < 4.78 is 5.78. The largest absolute Gasteiger partial charge is 0.372 e. The van der Waals surface area contributed by atoms with Crippen LogP contribution in [0.25, 0.3) is 11.0 Å². The summed E-state index contributed by atoms with van der Waals surface area (Å²) in [6.07, 6.45) is 0.425. The molecule has 134 valence electrons. The number of rotatable bonds is 3. The molecule has 1 aliphatic rings. The number of hydrogen-bond donors (Lipinski definition) is 2. The third-order valence-electron chi connectivity index (χ3n) is 4.49. The molecule has 7 nitrogen and oxygen atoms in total. The van der Waals surface area contributed by atoms with Crippen LogP contribution in [0.3, 0.4) is 0 Å². The van der Waals surface area contributed by atoms with E-state index in [1.54, 1.807) is 18.2 Å². The molecule has 3 aromatic rings. The summed E-state index contributed by atoms with van der Waals surface area (Å²) in [5, 5.41) is 13.5. The minimum absolute atomic E-state index is 0.170. The zero-order valence-corrected chi connectivity index (χ0v) is 14.8. The Morgan fingerprint density at radius 2 is 1.77 bits per heavy atom. The van der Waals surface area contributed by atoms with Gasteiger partial charge in [0.1, 0.15) is 11.0 Å². The first-order valence-electron chi connectivity index (χ1n) is 8.71. The maximum atomic E-state index is 12.5. The van der Waals surface area contributed by atoms with Gasteiger partial charge in [0, 0.05) is 30.0 Å². The van der Waals surface area contributed by atoms with Crippen molar-refractivity contribution in [1.29, 1.82) is 0 Å². The van der Waals surface area contributed by atoms with E-state index in [-0.39, 0.29) is 18.1 Å². The highest BCUT2D eigenvalue weighted by molar-refractivity contribution is 6.05. The number of hydrogen-bond acceptors (Lipinski definition) is 5. The minimum atomic E-state index is -0.170. The van der Waals surface area contributed by atoms with Crippen LogP contribution in [0.5, 0.6) is 0 Å². The molecule has 0 bridgehead atoms. The van der Waals surface area contributed by atoms with Crippen molar-refractivity contribution < 1.29 is 9.53 Å². The van der Waals surface area contributed by atoms with Crippen molar-refractivity contribution in [1.82, 2.24) is 15.4 Å². The standard InChI is InChI=1S/C19H21N5O2/c1-12-10-24(11-13(2)26-12)16-6-4-15(5-7-16)20-19(25)14-3-8-17-18(9-14)22-23-21-17/h3-9,12-13H,10-11H2,1-2H3,(H,20,25)(H,21,22,23)/t12-,13-/m1/s1. The second-order valence-electron chi connectivity index (χ2n) is 6.69. The van der Waals surface area contributed by atoms with Gasteiger partial charge < -0.3 is 15.0 Å². The molecule has 2 heterocycles. The smallest absolute Gasteiger partial charge is 0.255 e. The highest BCUT2D eigenvalue weighted by Gasteiger charge is 2.22. The van der Waals surface area contributed by atoms with Crippen LogP contribution in [0.2, 0.25) is 0 Å². The third kappa shape index (κ3) is 3.39. The van der Waals surface area contributed by atoms with Crippen LogP contribution in [-0.4, -0.2) is 46.6 Å².